The Morgan fingerprint density at radius 3 is 2.77 bits per heavy atom. The zero-order valence-corrected chi connectivity index (χ0v) is 16.8. The summed E-state index contributed by atoms with van der Waals surface area (Å²) in [6, 6.07) is 15.8. The summed E-state index contributed by atoms with van der Waals surface area (Å²) in [6.07, 6.45) is 0. The molecule has 0 radical (unpaired) electrons. The molecule has 1 unspecified atom stereocenters. The fourth-order valence-corrected chi connectivity index (χ4v) is 3.57. The average molecular weight is 418 g/mol. The zero-order chi connectivity index (χ0) is 21.6. The summed E-state index contributed by atoms with van der Waals surface area (Å²) in [5, 5.41) is 7.51. The van der Waals surface area contributed by atoms with Crippen LogP contribution >= 0.6 is 0 Å². The van der Waals surface area contributed by atoms with Gasteiger partial charge in [-0.05, 0) is 31.2 Å². The summed E-state index contributed by atoms with van der Waals surface area (Å²) in [5.74, 6) is 1.02. The molecule has 1 aliphatic rings. The predicted molar refractivity (Wildman–Crippen MR) is 109 cm³/mol. The van der Waals surface area contributed by atoms with Crippen molar-refractivity contribution in [2.24, 2.45) is 0 Å². The Morgan fingerprint density at radius 2 is 1.97 bits per heavy atom. The number of carbonyl (C=O) groups excluding carboxylic acids is 2. The second-order valence-corrected chi connectivity index (χ2v) is 7.34. The Hall–Kier alpha value is -4.14. The van der Waals surface area contributed by atoms with E-state index >= 15 is 0 Å². The van der Waals surface area contributed by atoms with Gasteiger partial charge in [-0.25, -0.2) is 4.79 Å². The van der Waals surface area contributed by atoms with Crippen molar-refractivity contribution >= 4 is 22.9 Å². The molecule has 4 aromatic rings. The summed E-state index contributed by atoms with van der Waals surface area (Å²) < 4.78 is 16.3. The van der Waals surface area contributed by atoms with Crippen LogP contribution in [-0.2, 0) is 16.9 Å². The molecule has 0 spiro atoms. The maximum atomic E-state index is 13.2. The molecule has 2 aromatic carbocycles. The van der Waals surface area contributed by atoms with Gasteiger partial charge in [0, 0.05) is 10.9 Å². The number of benzene rings is 2. The average Bonchev–Trinajstić information content (AvgIpc) is 3.48. The highest BCUT2D eigenvalue weighted by Crippen LogP contribution is 2.33. The van der Waals surface area contributed by atoms with Gasteiger partial charge < -0.3 is 19.0 Å². The molecule has 31 heavy (non-hydrogen) atoms. The Balaban J connectivity index is 1.40. The van der Waals surface area contributed by atoms with Crippen molar-refractivity contribution in [1.29, 1.82) is 0 Å². The number of furan rings is 1. The third-order valence-corrected chi connectivity index (χ3v) is 5.28. The van der Waals surface area contributed by atoms with Gasteiger partial charge in [0.25, 0.3) is 5.91 Å². The Morgan fingerprint density at radius 1 is 1.13 bits per heavy atom. The van der Waals surface area contributed by atoms with Crippen LogP contribution < -0.4 is 10.1 Å². The maximum absolute atomic E-state index is 13.2. The van der Waals surface area contributed by atoms with Crippen LogP contribution in [-0.4, -0.2) is 34.1 Å². The van der Waals surface area contributed by atoms with Crippen molar-refractivity contribution in [2.75, 3.05) is 7.11 Å². The molecule has 1 atom stereocenters. The van der Waals surface area contributed by atoms with Crippen LogP contribution in [0.25, 0.3) is 22.4 Å². The normalized spacial score (nSPS) is 18.6. The molecule has 1 N–H and O–H groups in total. The number of nitrogens with one attached hydrogen (secondary N) is 1. The monoisotopic (exact) mass is 418 g/mol. The van der Waals surface area contributed by atoms with Gasteiger partial charge in [0.1, 0.15) is 23.6 Å². The number of fused-ring (bicyclic) bond motifs is 1. The first-order valence-corrected chi connectivity index (χ1v) is 9.58. The number of rotatable bonds is 5. The molecule has 1 saturated heterocycles. The maximum Gasteiger partial charge on any atom is 0.325 e. The fraction of sp³-hybridized carbons (Fsp3) is 0.182. The lowest BCUT2D eigenvalue weighted by Crippen LogP contribution is -2.40. The number of imide groups is 1. The quantitative estimate of drug-likeness (QED) is 0.494. The first-order chi connectivity index (χ1) is 15.0. The molecule has 9 nitrogen and oxygen atoms in total. The number of hydrogen-bond acceptors (Lipinski definition) is 7. The lowest BCUT2D eigenvalue weighted by atomic mass is 9.99. The van der Waals surface area contributed by atoms with Crippen LogP contribution in [0.1, 0.15) is 18.6 Å². The number of para-hydroxylation sites is 1. The standard InChI is InChI=1S/C22H18N4O5/c1-22(17-11-13-6-3-4-9-16(13)30-17)20(27)26(21(28)24-22)12-18-23-19(25-31-18)14-7-5-8-15(10-14)29-2/h3-11H,12H2,1-2H3,(H,24,28). The number of carbonyl (C=O) groups is 2. The summed E-state index contributed by atoms with van der Waals surface area (Å²) >= 11 is 0. The number of urea groups is 1. The first-order valence-electron chi connectivity index (χ1n) is 9.58. The van der Waals surface area contributed by atoms with E-state index in [2.05, 4.69) is 15.5 Å². The smallest absolute Gasteiger partial charge is 0.325 e. The van der Waals surface area contributed by atoms with Crippen molar-refractivity contribution in [2.45, 2.75) is 19.0 Å². The van der Waals surface area contributed by atoms with Gasteiger partial charge >= 0.3 is 6.03 Å². The van der Waals surface area contributed by atoms with Gasteiger partial charge in [0.05, 0.1) is 7.11 Å². The molecule has 0 bridgehead atoms. The van der Waals surface area contributed by atoms with Gasteiger partial charge in [-0.1, -0.05) is 35.5 Å². The van der Waals surface area contributed by atoms with E-state index in [-0.39, 0.29) is 12.4 Å². The summed E-state index contributed by atoms with van der Waals surface area (Å²) in [4.78, 5) is 31.1. The Kier molecular flexibility index (Phi) is 4.25. The van der Waals surface area contributed by atoms with Crippen LogP contribution in [0.3, 0.4) is 0 Å². The highest BCUT2D eigenvalue weighted by molar-refractivity contribution is 6.07. The lowest BCUT2D eigenvalue weighted by molar-refractivity contribution is -0.132. The topological polar surface area (TPSA) is 111 Å². The van der Waals surface area contributed by atoms with E-state index in [0.717, 1.165) is 10.3 Å². The van der Waals surface area contributed by atoms with Gasteiger partial charge in [-0.2, -0.15) is 4.98 Å². The van der Waals surface area contributed by atoms with Crippen molar-refractivity contribution < 1.29 is 23.3 Å². The Bertz CT molecular complexity index is 1280. The van der Waals surface area contributed by atoms with E-state index in [1.807, 2.05) is 24.3 Å². The number of methoxy groups -OCH3 is 1. The number of aromatic nitrogens is 2. The minimum Gasteiger partial charge on any atom is -0.497 e. The van der Waals surface area contributed by atoms with E-state index in [4.69, 9.17) is 13.7 Å². The van der Waals surface area contributed by atoms with Crippen LogP contribution in [0.2, 0.25) is 0 Å². The van der Waals surface area contributed by atoms with Gasteiger partial charge in [0.2, 0.25) is 11.7 Å². The zero-order valence-electron chi connectivity index (χ0n) is 16.8. The fourth-order valence-electron chi connectivity index (χ4n) is 3.57. The highest BCUT2D eigenvalue weighted by atomic mass is 16.5. The largest absolute Gasteiger partial charge is 0.497 e. The molecule has 5 rings (SSSR count). The second kappa shape index (κ2) is 6.98. The summed E-state index contributed by atoms with van der Waals surface area (Å²) in [5.41, 5.74) is 0.00359. The molecule has 1 fully saturated rings. The van der Waals surface area contributed by atoms with E-state index in [1.54, 1.807) is 44.4 Å². The summed E-state index contributed by atoms with van der Waals surface area (Å²) in [6.45, 7) is 1.46. The molecule has 3 amide bonds. The molecule has 3 heterocycles. The predicted octanol–water partition coefficient (Wildman–Crippen LogP) is 3.46. The third-order valence-electron chi connectivity index (χ3n) is 5.28. The summed E-state index contributed by atoms with van der Waals surface area (Å²) in [7, 11) is 1.57. The molecule has 9 heteroatoms. The minimum atomic E-state index is -1.33. The first kappa shape index (κ1) is 18.9. The van der Waals surface area contributed by atoms with E-state index in [1.165, 1.54) is 0 Å². The molecule has 0 saturated carbocycles. The van der Waals surface area contributed by atoms with E-state index < -0.39 is 17.5 Å². The van der Waals surface area contributed by atoms with Crippen LogP contribution in [0.15, 0.2) is 63.5 Å². The molecule has 1 aliphatic heterocycles. The van der Waals surface area contributed by atoms with Crippen molar-refractivity contribution in [3.05, 3.63) is 66.2 Å². The van der Waals surface area contributed by atoms with E-state index in [9.17, 15) is 9.59 Å². The highest BCUT2D eigenvalue weighted by Gasteiger charge is 2.51. The van der Waals surface area contributed by atoms with Crippen molar-refractivity contribution in [3.63, 3.8) is 0 Å². The molecular weight excluding hydrogens is 400 g/mol. The molecule has 2 aromatic heterocycles. The SMILES string of the molecule is COc1cccc(-c2noc(CN3C(=O)NC(C)(c4cc5ccccc5o4)C3=O)n2)c1. The molecular formula is C22H18N4O5. The number of amides is 3. The number of ether oxygens (including phenoxy) is 1. The number of nitrogens with zero attached hydrogens (tertiary/aromatic N) is 3. The van der Waals surface area contributed by atoms with Crippen LogP contribution in [0.4, 0.5) is 4.79 Å². The second-order valence-electron chi connectivity index (χ2n) is 7.34. The van der Waals surface area contributed by atoms with Gasteiger partial charge in [0.15, 0.2) is 5.54 Å². The molecule has 156 valence electrons. The van der Waals surface area contributed by atoms with Gasteiger partial charge in [-0.3, -0.25) is 9.69 Å². The van der Waals surface area contributed by atoms with Gasteiger partial charge in [-0.15, -0.1) is 0 Å². The Labute approximate surface area is 176 Å². The third kappa shape index (κ3) is 3.10. The van der Waals surface area contributed by atoms with Crippen LogP contribution in [0, 0.1) is 0 Å². The number of hydrogen-bond donors (Lipinski definition) is 1. The van der Waals surface area contributed by atoms with E-state index in [0.29, 0.717) is 28.5 Å². The van der Waals surface area contributed by atoms with Crippen LogP contribution in [0.5, 0.6) is 5.75 Å². The molecule has 0 aliphatic carbocycles. The van der Waals surface area contributed by atoms with Crippen molar-refractivity contribution in [3.8, 4) is 17.1 Å². The lowest BCUT2D eigenvalue weighted by Gasteiger charge is -2.18. The van der Waals surface area contributed by atoms with Crippen molar-refractivity contribution in [1.82, 2.24) is 20.4 Å². The minimum absolute atomic E-state index is 0.134.